The van der Waals surface area contributed by atoms with Crippen molar-refractivity contribution in [2.45, 2.75) is 24.0 Å². The van der Waals surface area contributed by atoms with Crippen molar-refractivity contribution in [1.29, 1.82) is 0 Å². The minimum atomic E-state index is -3.40. The lowest BCUT2D eigenvalue weighted by molar-refractivity contribution is 0.209. The van der Waals surface area contributed by atoms with Crippen LogP contribution in [0.15, 0.2) is 70.2 Å². The molecule has 0 spiro atoms. The Hall–Kier alpha value is -3.32. The number of sulfone groups is 1. The fourth-order valence-corrected chi connectivity index (χ4v) is 4.50. The number of carbonyl (C=O) groups excluding carboxylic acids is 1. The number of aromatic nitrogens is 3. The van der Waals surface area contributed by atoms with E-state index in [2.05, 4.69) is 37.7 Å². The van der Waals surface area contributed by atoms with Crippen molar-refractivity contribution in [3.05, 3.63) is 64.4 Å². The Labute approximate surface area is 209 Å². The van der Waals surface area contributed by atoms with E-state index in [9.17, 15) is 13.2 Å². The van der Waals surface area contributed by atoms with E-state index in [-0.39, 0.29) is 22.2 Å². The van der Waals surface area contributed by atoms with Crippen molar-refractivity contribution in [3.8, 4) is 39.8 Å². The fourth-order valence-electron chi connectivity index (χ4n) is 3.08. The third-order valence-electron chi connectivity index (χ3n) is 4.92. The number of ether oxygens (including phenoxy) is 1. The molecule has 0 radical (unpaired) electrons. The van der Waals surface area contributed by atoms with Gasteiger partial charge in [0.25, 0.3) is 5.88 Å². The molecule has 0 fully saturated rings. The number of hydrogen-bond acceptors (Lipinski definition) is 8. The van der Waals surface area contributed by atoms with E-state index in [0.717, 1.165) is 9.13 Å². The zero-order valence-corrected chi connectivity index (χ0v) is 21.1. The zero-order chi connectivity index (χ0) is 24.5. The molecule has 34 heavy (non-hydrogen) atoms. The van der Waals surface area contributed by atoms with Crippen LogP contribution in [0.4, 0.5) is 4.79 Å². The van der Waals surface area contributed by atoms with Gasteiger partial charge in [0, 0.05) is 20.8 Å². The largest absolute Gasteiger partial charge is 0.411 e. The second-order valence-corrected chi connectivity index (χ2v) is 11.3. The van der Waals surface area contributed by atoms with Crippen molar-refractivity contribution in [2.75, 3.05) is 0 Å². The highest BCUT2D eigenvalue weighted by Crippen LogP contribution is 2.32. The van der Waals surface area contributed by atoms with Gasteiger partial charge >= 0.3 is 6.09 Å². The first-order valence-electron chi connectivity index (χ1n) is 10.1. The summed E-state index contributed by atoms with van der Waals surface area (Å²) in [5.41, 5.74) is 7.72. The van der Waals surface area contributed by atoms with Crippen molar-refractivity contribution in [2.24, 2.45) is 5.73 Å². The molecule has 2 aromatic heterocycles. The SMILES string of the molecule is CC(C)S(=O)(=O)c1ccc(-c2cnc(OC(N)=O)c(-c3cc(-c4ccc(I)cc4)no3)n2)cc1. The molecule has 0 saturated heterocycles. The van der Waals surface area contributed by atoms with Crippen LogP contribution in [0.2, 0.25) is 0 Å². The molecule has 11 heteroatoms. The van der Waals surface area contributed by atoms with Gasteiger partial charge in [-0.3, -0.25) is 0 Å². The van der Waals surface area contributed by atoms with Crippen LogP contribution in [0.25, 0.3) is 34.0 Å². The molecular formula is C23H19IN4O5S. The quantitative estimate of drug-likeness (QED) is 0.319. The lowest BCUT2D eigenvalue weighted by Gasteiger charge is -2.09. The number of halogens is 1. The lowest BCUT2D eigenvalue weighted by Crippen LogP contribution is -2.17. The summed E-state index contributed by atoms with van der Waals surface area (Å²) in [4.78, 5) is 20.3. The van der Waals surface area contributed by atoms with Gasteiger partial charge in [-0.1, -0.05) is 29.4 Å². The third kappa shape index (κ3) is 4.94. The maximum absolute atomic E-state index is 12.4. The maximum Gasteiger partial charge on any atom is 0.411 e. The normalized spacial score (nSPS) is 11.5. The van der Waals surface area contributed by atoms with Crippen LogP contribution < -0.4 is 10.5 Å². The Morgan fingerprint density at radius 2 is 1.65 bits per heavy atom. The van der Waals surface area contributed by atoms with Crippen molar-refractivity contribution in [3.63, 3.8) is 0 Å². The van der Waals surface area contributed by atoms with E-state index < -0.39 is 21.2 Å². The Morgan fingerprint density at radius 1 is 1.03 bits per heavy atom. The number of nitrogens with zero attached hydrogens (tertiary/aromatic N) is 3. The van der Waals surface area contributed by atoms with Gasteiger partial charge in [-0.05, 0) is 60.7 Å². The van der Waals surface area contributed by atoms with Gasteiger partial charge in [0.05, 0.1) is 22.0 Å². The smallest absolute Gasteiger partial charge is 0.389 e. The number of carbonyl (C=O) groups is 1. The van der Waals surface area contributed by atoms with E-state index >= 15 is 0 Å². The van der Waals surface area contributed by atoms with Gasteiger partial charge in [-0.25, -0.2) is 23.2 Å². The van der Waals surface area contributed by atoms with Gasteiger partial charge in [-0.2, -0.15) is 0 Å². The molecule has 0 bridgehead atoms. The topological polar surface area (TPSA) is 138 Å². The summed E-state index contributed by atoms with van der Waals surface area (Å²) in [5.74, 6) is 0.0821. The molecule has 2 N–H and O–H groups in total. The first-order valence-corrected chi connectivity index (χ1v) is 12.7. The van der Waals surface area contributed by atoms with Gasteiger partial charge in [0.1, 0.15) is 5.69 Å². The van der Waals surface area contributed by atoms with E-state index in [1.807, 2.05) is 24.3 Å². The van der Waals surface area contributed by atoms with E-state index in [0.29, 0.717) is 17.0 Å². The molecule has 4 aromatic rings. The Bertz CT molecular complexity index is 1450. The summed E-state index contributed by atoms with van der Waals surface area (Å²) in [6, 6.07) is 15.6. The number of primary amides is 1. The molecule has 0 aliphatic rings. The average molecular weight is 590 g/mol. The van der Waals surface area contributed by atoms with Gasteiger partial charge in [0.15, 0.2) is 21.3 Å². The number of benzene rings is 2. The van der Waals surface area contributed by atoms with E-state index in [1.165, 1.54) is 18.3 Å². The van der Waals surface area contributed by atoms with Gasteiger partial charge < -0.3 is 15.0 Å². The highest BCUT2D eigenvalue weighted by atomic mass is 127. The van der Waals surface area contributed by atoms with Gasteiger partial charge in [0.2, 0.25) is 0 Å². The van der Waals surface area contributed by atoms with Crippen LogP contribution in [0.1, 0.15) is 13.8 Å². The predicted molar refractivity (Wildman–Crippen MR) is 134 cm³/mol. The summed E-state index contributed by atoms with van der Waals surface area (Å²) >= 11 is 2.21. The van der Waals surface area contributed by atoms with Crippen molar-refractivity contribution >= 4 is 38.5 Å². The number of hydrogen-bond donors (Lipinski definition) is 1. The van der Waals surface area contributed by atoms with Crippen LogP contribution in [0.3, 0.4) is 0 Å². The highest BCUT2D eigenvalue weighted by molar-refractivity contribution is 14.1. The number of amides is 1. The molecule has 0 aliphatic carbocycles. The Balaban J connectivity index is 1.74. The molecule has 9 nitrogen and oxygen atoms in total. The standard InChI is InChI=1S/C23H19IN4O5S/c1-13(2)34(30,31)17-9-5-15(6-10-17)19-12-26-22(32-23(25)29)21(27-19)20-11-18(28-33-20)14-3-7-16(24)8-4-14/h3-13H,1-2H3,(H2,25,29). The number of rotatable bonds is 6. The lowest BCUT2D eigenvalue weighted by atomic mass is 10.1. The van der Waals surface area contributed by atoms with Crippen LogP contribution in [0, 0.1) is 3.57 Å². The van der Waals surface area contributed by atoms with E-state index in [1.54, 1.807) is 32.0 Å². The van der Waals surface area contributed by atoms with E-state index in [4.69, 9.17) is 15.0 Å². The summed E-state index contributed by atoms with van der Waals surface area (Å²) in [5, 5.41) is 3.55. The summed E-state index contributed by atoms with van der Waals surface area (Å²) in [6.45, 7) is 3.25. The first kappa shape index (κ1) is 23.8. The van der Waals surface area contributed by atoms with Crippen LogP contribution in [-0.2, 0) is 9.84 Å². The second kappa shape index (κ2) is 9.50. The molecule has 0 saturated carbocycles. The van der Waals surface area contributed by atoms with Crippen LogP contribution in [0.5, 0.6) is 5.88 Å². The molecule has 0 unspecified atom stereocenters. The molecule has 174 valence electrons. The summed E-state index contributed by atoms with van der Waals surface area (Å²) in [6.07, 6.45) is 0.341. The number of nitrogens with two attached hydrogens (primary N) is 1. The van der Waals surface area contributed by atoms with Gasteiger partial charge in [-0.15, -0.1) is 0 Å². The molecule has 2 heterocycles. The highest BCUT2D eigenvalue weighted by Gasteiger charge is 2.21. The monoisotopic (exact) mass is 590 g/mol. The average Bonchev–Trinajstić information content (AvgIpc) is 3.29. The maximum atomic E-state index is 12.4. The van der Waals surface area contributed by atoms with Crippen LogP contribution >= 0.6 is 22.6 Å². The Morgan fingerprint density at radius 3 is 2.26 bits per heavy atom. The van der Waals surface area contributed by atoms with Crippen molar-refractivity contribution < 1.29 is 22.5 Å². The second-order valence-electron chi connectivity index (χ2n) is 7.53. The minimum Gasteiger partial charge on any atom is -0.389 e. The Kier molecular flexibility index (Phi) is 6.66. The molecule has 0 atom stereocenters. The molecule has 0 aliphatic heterocycles. The summed E-state index contributed by atoms with van der Waals surface area (Å²) in [7, 11) is -3.40. The fraction of sp³-hybridized carbons (Fsp3) is 0.130. The molecule has 2 aromatic carbocycles. The van der Waals surface area contributed by atoms with Crippen LogP contribution in [-0.4, -0.2) is 34.9 Å². The molecule has 4 rings (SSSR count). The first-order chi connectivity index (χ1) is 16.1. The minimum absolute atomic E-state index is 0.124. The van der Waals surface area contributed by atoms with Crippen molar-refractivity contribution in [1.82, 2.24) is 15.1 Å². The summed E-state index contributed by atoms with van der Waals surface area (Å²) < 4.78 is 36.4. The molecular weight excluding hydrogens is 571 g/mol. The third-order valence-corrected chi connectivity index (χ3v) is 7.81. The predicted octanol–water partition coefficient (Wildman–Crippen LogP) is 4.71. The zero-order valence-electron chi connectivity index (χ0n) is 18.1. The molecule has 1 amide bonds.